The van der Waals surface area contributed by atoms with Crippen LogP contribution >= 0.6 is 0 Å². The second kappa shape index (κ2) is 8.84. The number of hydrogen-bond acceptors (Lipinski definition) is 6. The van der Waals surface area contributed by atoms with Gasteiger partial charge in [0.15, 0.2) is 0 Å². The minimum Gasteiger partial charge on any atom is -0.427 e. The molecular weight excluding hydrogens is 372 g/mol. The molecule has 0 atom stereocenters. The first-order valence-electron chi connectivity index (χ1n) is 8.80. The molecule has 146 valence electrons. The zero-order valence-electron chi connectivity index (χ0n) is 15.9. The highest BCUT2D eigenvalue weighted by atomic mass is 16.5. The standard InChI is InChI=1S/C23H18O6/c1-15-3-5-17(6-4-15)22(25)28-20-11-13-21(14-12-20)29-23(26)18-7-9-19(10-8-18)27-16(2)24/h3-14H,1-2H3. The highest BCUT2D eigenvalue weighted by Gasteiger charge is 2.11. The summed E-state index contributed by atoms with van der Waals surface area (Å²) in [6.45, 7) is 3.23. The first-order chi connectivity index (χ1) is 13.9. The third kappa shape index (κ3) is 5.52. The fourth-order valence-corrected chi connectivity index (χ4v) is 2.42. The van der Waals surface area contributed by atoms with Gasteiger partial charge in [0, 0.05) is 6.92 Å². The van der Waals surface area contributed by atoms with E-state index in [-0.39, 0.29) is 0 Å². The quantitative estimate of drug-likeness (QED) is 0.476. The van der Waals surface area contributed by atoms with Crippen LogP contribution in [-0.4, -0.2) is 17.9 Å². The summed E-state index contributed by atoms with van der Waals surface area (Å²) in [4.78, 5) is 35.3. The van der Waals surface area contributed by atoms with E-state index in [1.54, 1.807) is 24.3 Å². The van der Waals surface area contributed by atoms with Crippen molar-refractivity contribution in [1.82, 2.24) is 0 Å². The van der Waals surface area contributed by atoms with Gasteiger partial charge in [-0.15, -0.1) is 0 Å². The first kappa shape index (κ1) is 19.8. The maximum absolute atomic E-state index is 12.2. The molecule has 0 radical (unpaired) electrons. The average molecular weight is 390 g/mol. The predicted octanol–water partition coefficient (Wildman–Crippen LogP) is 4.36. The average Bonchev–Trinajstić information content (AvgIpc) is 2.70. The molecule has 0 fully saturated rings. The molecule has 0 saturated carbocycles. The molecule has 3 rings (SSSR count). The van der Waals surface area contributed by atoms with Crippen LogP contribution < -0.4 is 14.2 Å². The Labute approximate surface area is 167 Å². The second-order valence-corrected chi connectivity index (χ2v) is 6.23. The van der Waals surface area contributed by atoms with Crippen molar-refractivity contribution in [3.63, 3.8) is 0 Å². The monoisotopic (exact) mass is 390 g/mol. The van der Waals surface area contributed by atoms with Gasteiger partial charge in [0.1, 0.15) is 17.2 Å². The van der Waals surface area contributed by atoms with E-state index in [1.807, 2.05) is 19.1 Å². The zero-order valence-corrected chi connectivity index (χ0v) is 15.9. The van der Waals surface area contributed by atoms with Crippen LogP contribution in [0.5, 0.6) is 17.2 Å². The molecule has 0 N–H and O–H groups in total. The molecule has 6 nitrogen and oxygen atoms in total. The van der Waals surface area contributed by atoms with Gasteiger partial charge in [-0.25, -0.2) is 9.59 Å². The molecule has 29 heavy (non-hydrogen) atoms. The van der Waals surface area contributed by atoms with Crippen molar-refractivity contribution < 1.29 is 28.6 Å². The lowest BCUT2D eigenvalue weighted by Crippen LogP contribution is -2.10. The van der Waals surface area contributed by atoms with Gasteiger partial charge in [-0.3, -0.25) is 4.79 Å². The fourth-order valence-electron chi connectivity index (χ4n) is 2.42. The van der Waals surface area contributed by atoms with E-state index < -0.39 is 17.9 Å². The molecule has 3 aromatic carbocycles. The largest absolute Gasteiger partial charge is 0.427 e. The second-order valence-electron chi connectivity index (χ2n) is 6.23. The van der Waals surface area contributed by atoms with Crippen LogP contribution in [0.3, 0.4) is 0 Å². The SMILES string of the molecule is CC(=O)Oc1ccc(C(=O)Oc2ccc(OC(=O)c3ccc(C)cc3)cc2)cc1. The van der Waals surface area contributed by atoms with E-state index in [4.69, 9.17) is 14.2 Å². The molecule has 6 heteroatoms. The zero-order chi connectivity index (χ0) is 20.8. The summed E-state index contributed by atoms with van der Waals surface area (Å²) in [5.74, 6) is -0.501. The van der Waals surface area contributed by atoms with Gasteiger partial charge >= 0.3 is 17.9 Å². The Balaban J connectivity index is 1.59. The van der Waals surface area contributed by atoms with Gasteiger partial charge in [-0.1, -0.05) is 17.7 Å². The van der Waals surface area contributed by atoms with E-state index in [9.17, 15) is 14.4 Å². The van der Waals surface area contributed by atoms with Crippen molar-refractivity contribution in [3.8, 4) is 17.2 Å². The number of esters is 3. The molecular formula is C23H18O6. The maximum atomic E-state index is 12.2. The summed E-state index contributed by atoms with van der Waals surface area (Å²) in [5, 5.41) is 0. The molecule has 0 heterocycles. The Hall–Kier alpha value is -3.93. The molecule has 0 aromatic heterocycles. The van der Waals surface area contributed by atoms with Gasteiger partial charge < -0.3 is 14.2 Å². The predicted molar refractivity (Wildman–Crippen MR) is 105 cm³/mol. The summed E-state index contributed by atoms with van der Waals surface area (Å²) in [7, 11) is 0. The van der Waals surface area contributed by atoms with E-state index in [2.05, 4.69) is 0 Å². The Morgan fingerprint density at radius 3 is 1.31 bits per heavy atom. The normalized spacial score (nSPS) is 10.1. The summed E-state index contributed by atoms with van der Waals surface area (Å²) >= 11 is 0. The van der Waals surface area contributed by atoms with Gasteiger partial charge in [-0.05, 0) is 67.6 Å². The summed E-state index contributed by atoms with van der Waals surface area (Å²) in [6.07, 6.45) is 0. The van der Waals surface area contributed by atoms with Crippen LogP contribution in [0.2, 0.25) is 0 Å². The van der Waals surface area contributed by atoms with E-state index in [0.717, 1.165) is 5.56 Å². The molecule has 0 amide bonds. The molecule has 0 aliphatic rings. The van der Waals surface area contributed by atoms with Crippen LogP contribution in [0.4, 0.5) is 0 Å². The number of rotatable bonds is 5. The first-order valence-corrected chi connectivity index (χ1v) is 8.80. The third-order valence-corrected chi connectivity index (χ3v) is 3.88. The lowest BCUT2D eigenvalue weighted by molar-refractivity contribution is -0.131. The van der Waals surface area contributed by atoms with Crippen molar-refractivity contribution in [3.05, 3.63) is 89.5 Å². The van der Waals surface area contributed by atoms with E-state index in [1.165, 1.54) is 43.3 Å². The van der Waals surface area contributed by atoms with Crippen LogP contribution in [-0.2, 0) is 4.79 Å². The molecule has 0 unspecified atom stereocenters. The molecule has 0 aliphatic heterocycles. The number of hydrogen-bond donors (Lipinski definition) is 0. The van der Waals surface area contributed by atoms with Crippen molar-refractivity contribution in [2.45, 2.75) is 13.8 Å². The summed E-state index contributed by atoms with van der Waals surface area (Å²) < 4.78 is 15.5. The Kier molecular flexibility index (Phi) is 6.04. The summed E-state index contributed by atoms with van der Waals surface area (Å²) in [5.41, 5.74) is 1.80. The van der Waals surface area contributed by atoms with Gasteiger partial charge in [0.25, 0.3) is 0 Å². The van der Waals surface area contributed by atoms with Crippen LogP contribution in [0.25, 0.3) is 0 Å². The number of carbonyl (C=O) groups is 3. The van der Waals surface area contributed by atoms with Crippen molar-refractivity contribution in [2.24, 2.45) is 0 Å². The topological polar surface area (TPSA) is 78.9 Å². The highest BCUT2D eigenvalue weighted by Crippen LogP contribution is 2.20. The number of benzene rings is 3. The van der Waals surface area contributed by atoms with E-state index >= 15 is 0 Å². The molecule has 3 aromatic rings. The minimum atomic E-state index is -0.566. The highest BCUT2D eigenvalue weighted by molar-refractivity contribution is 5.92. The Morgan fingerprint density at radius 2 is 0.897 bits per heavy atom. The Morgan fingerprint density at radius 1 is 0.552 bits per heavy atom. The lowest BCUT2D eigenvalue weighted by Gasteiger charge is -2.07. The maximum Gasteiger partial charge on any atom is 0.343 e. The third-order valence-electron chi connectivity index (χ3n) is 3.88. The lowest BCUT2D eigenvalue weighted by atomic mass is 10.1. The van der Waals surface area contributed by atoms with E-state index in [0.29, 0.717) is 28.4 Å². The molecule has 0 spiro atoms. The molecule has 0 aliphatic carbocycles. The number of carbonyl (C=O) groups excluding carboxylic acids is 3. The van der Waals surface area contributed by atoms with Gasteiger partial charge in [0.2, 0.25) is 0 Å². The van der Waals surface area contributed by atoms with Crippen molar-refractivity contribution in [1.29, 1.82) is 0 Å². The summed E-state index contributed by atoms with van der Waals surface area (Å²) in [6, 6.07) is 19.2. The Bertz CT molecular complexity index is 1020. The van der Waals surface area contributed by atoms with Crippen molar-refractivity contribution >= 4 is 17.9 Å². The van der Waals surface area contributed by atoms with Gasteiger partial charge in [0.05, 0.1) is 11.1 Å². The minimum absolute atomic E-state index is 0.300. The van der Waals surface area contributed by atoms with Crippen LogP contribution in [0.15, 0.2) is 72.8 Å². The molecule has 0 saturated heterocycles. The smallest absolute Gasteiger partial charge is 0.343 e. The number of aryl methyl sites for hydroxylation is 1. The van der Waals surface area contributed by atoms with Gasteiger partial charge in [-0.2, -0.15) is 0 Å². The van der Waals surface area contributed by atoms with Crippen LogP contribution in [0, 0.1) is 6.92 Å². The number of ether oxygens (including phenoxy) is 3. The molecule has 0 bridgehead atoms. The van der Waals surface area contributed by atoms with Crippen molar-refractivity contribution in [2.75, 3.05) is 0 Å². The fraction of sp³-hybridized carbons (Fsp3) is 0.0870. The van der Waals surface area contributed by atoms with Crippen LogP contribution in [0.1, 0.15) is 33.2 Å².